The van der Waals surface area contributed by atoms with E-state index in [0.717, 1.165) is 0 Å². The molecule has 1 heterocycles. The normalized spacial score (nSPS) is 12.9. The minimum atomic E-state index is 0.617. The Hall–Kier alpha value is -0.790. The molecule has 2 unspecified atom stereocenters. The molecule has 0 saturated carbocycles. The maximum absolute atomic E-state index is 3.77. The van der Waals surface area contributed by atoms with Gasteiger partial charge >= 0.3 is 0 Å². The smallest absolute Gasteiger partial charge is 0.247 e. The van der Waals surface area contributed by atoms with Gasteiger partial charge in [0, 0.05) is 0 Å². The van der Waals surface area contributed by atoms with E-state index >= 15 is 0 Å². The van der Waals surface area contributed by atoms with Crippen LogP contribution >= 0.6 is 0 Å². The Morgan fingerprint density at radius 1 is 0.373 bits per heavy atom. The average Bonchev–Trinajstić information content (AvgIpc) is 3.63. The molecule has 0 aliphatic rings. The standard InChI is InChI=1S/C49H96N2/c1-5-8-11-14-17-19-21-23-25-27-29-31-33-35-38-41-44-48(43-40-37-16-13-10-7-3)49-50-45-46-51(49)47(4)42-39-36-34-32-30-28-26-24-22-20-18-15-12-9-6-2/h45-48H,5-44H2,1-4H3/p+1. The number of H-pyrrole nitrogens is 1. The number of nitrogens with one attached hydrogen (secondary N) is 1. The largest absolute Gasteiger partial charge is 0.257 e. The van der Waals surface area contributed by atoms with E-state index in [4.69, 9.17) is 0 Å². The number of unbranched alkanes of at least 4 members (excludes halogenated alkanes) is 34. The van der Waals surface area contributed by atoms with Crippen molar-refractivity contribution in [2.24, 2.45) is 0 Å². The lowest BCUT2D eigenvalue weighted by Crippen LogP contribution is -2.41. The predicted molar refractivity (Wildman–Crippen MR) is 230 cm³/mol. The van der Waals surface area contributed by atoms with Gasteiger partial charge in [0.15, 0.2) is 0 Å². The fraction of sp³-hybridized carbons (Fsp3) is 0.939. The summed E-state index contributed by atoms with van der Waals surface area (Å²) < 4.78 is 2.65. The Kier molecular flexibility index (Phi) is 36.8. The SMILES string of the molecule is CCCCCCCCCCCCCCCCCCC(CCCCCCCC)c1[nH]cc[n+]1C(C)CCCCCCCCCCCCCCCCC. The highest BCUT2D eigenvalue weighted by molar-refractivity contribution is 4.90. The van der Waals surface area contributed by atoms with E-state index in [-0.39, 0.29) is 0 Å². The summed E-state index contributed by atoms with van der Waals surface area (Å²) in [5.74, 6) is 2.25. The van der Waals surface area contributed by atoms with Crippen molar-refractivity contribution >= 4 is 0 Å². The maximum Gasteiger partial charge on any atom is 0.257 e. The fourth-order valence-corrected chi connectivity index (χ4v) is 8.55. The average molecular weight is 714 g/mol. The third-order valence-corrected chi connectivity index (χ3v) is 12.1. The molecule has 1 rings (SSSR count). The van der Waals surface area contributed by atoms with Gasteiger partial charge in [-0.1, -0.05) is 252 Å². The minimum absolute atomic E-state index is 0.617. The van der Waals surface area contributed by atoms with E-state index in [2.05, 4.69) is 49.6 Å². The Morgan fingerprint density at radius 3 is 0.922 bits per heavy atom. The van der Waals surface area contributed by atoms with Crippen molar-refractivity contribution in [3.8, 4) is 0 Å². The Balaban J connectivity index is 2.25. The molecule has 1 aromatic rings. The zero-order valence-corrected chi connectivity index (χ0v) is 36.0. The van der Waals surface area contributed by atoms with Gasteiger partial charge in [-0.15, -0.1) is 0 Å². The first-order valence-corrected chi connectivity index (χ1v) is 24.3. The van der Waals surface area contributed by atoms with E-state index in [9.17, 15) is 0 Å². The molecule has 0 fully saturated rings. The summed E-state index contributed by atoms with van der Waals surface area (Å²) in [4.78, 5) is 3.77. The molecule has 51 heavy (non-hydrogen) atoms. The van der Waals surface area contributed by atoms with Crippen LogP contribution in [0.25, 0.3) is 0 Å². The van der Waals surface area contributed by atoms with Crippen LogP contribution in [0.3, 0.4) is 0 Å². The summed E-state index contributed by atoms with van der Waals surface area (Å²) in [6, 6.07) is 0.617. The molecule has 2 nitrogen and oxygen atoms in total. The van der Waals surface area contributed by atoms with Crippen LogP contribution in [0.2, 0.25) is 0 Å². The molecule has 1 N–H and O–H groups in total. The number of aromatic nitrogens is 2. The summed E-state index contributed by atoms with van der Waals surface area (Å²) >= 11 is 0. The van der Waals surface area contributed by atoms with Gasteiger partial charge in [0.05, 0.1) is 12.0 Å². The molecule has 1 aromatic heterocycles. The fourth-order valence-electron chi connectivity index (χ4n) is 8.55. The summed E-state index contributed by atoms with van der Waals surface area (Å²) in [7, 11) is 0. The quantitative estimate of drug-likeness (QED) is 0.0514. The van der Waals surface area contributed by atoms with Crippen LogP contribution in [0, 0.1) is 0 Å². The van der Waals surface area contributed by atoms with Gasteiger partial charge in [0.1, 0.15) is 12.4 Å². The van der Waals surface area contributed by atoms with E-state index in [1.807, 2.05) is 0 Å². The Bertz CT molecular complexity index is 783. The molecule has 0 amide bonds. The molecule has 0 saturated heterocycles. The monoisotopic (exact) mass is 714 g/mol. The molecular formula is C49H97N2+. The van der Waals surface area contributed by atoms with Gasteiger partial charge in [-0.05, 0) is 32.6 Å². The van der Waals surface area contributed by atoms with Gasteiger partial charge in [0.2, 0.25) is 0 Å². The van der Waals surface area contributed by atoms with Crippen molar-refractivity contribution in [3.63, 3.8) is 0 Å². The van der Waals surface area contributed by atoms with E-state index < -0.39 is 0 Å². The lowest BCUT2D eigenvalue weighted by molar-refractivity contribution is -0.727. The number of hydrogen-bond donors (Lipinski definition) is 1. The van der Waals surface area contributed by atoms with Crippen molar-refractivity contribution < 1.29 is 4.57 Å². The molecule has 302 valence electrons. The second-order valence-corrected chi connectivity index (χ2v) is 17.2. The van der Waals surface area contributed by atoms with E-state index in [1.165, 1.54) is 263 Å². The summed E-state index contributed by atoms with van der Waals surface area (Å²) in [6.45, 7) is 9.44. The van der Waals surface area contributed by atoms with Crippen molar-refractivity contribution in [1.82, 2.24) is 4.98 Å². The predicted octanol–water partition coefficient (Wildman–Crippen LogP) is 17.6. The van der Waals surface area contributed by atoms with Crippen LogP contribution in [0.1, 0.15) is 302 Å². The van der Waals surface area contributed by atoms with Crippen molar-refractivity contribution in [2.45, 2.75) is 296 Å². The highest BCUT2D eigenvalue weighted by Crippen LogP contribution is 2.27. The third kappa shape index (κ3) is 30.3. The second-order valence-electron chi connectivity index (χ2n) is 17.2. The minimum Gasteiger partial charge on any atom is -0.247 e. The molecule has 0 bridgehead atoms. The first-order chi connectivity index (χ1) is 25.2. The highest BCUT2D eigenvalue weighted by Gasteiger charge is 2.25. The van der Waals surface area contributed by atoms with Gasteiger partial charge < -0.3 is 0 Å². The lowest BCUT2D eigenvalue weighted by Gasteiger charge is -2.17. The molecule has 0 aliphatic carbocycles. The number of nitrogens with zero attached hydrogens (tertiary/aromatic N) is 1. The topological polar surface area (TPSA) is 19.7 Å². The summed E-state index contributed by atoms with van der Waals surface area (Å²) in [6.07, 6.45) is 62.1. The molecule has 0 spiro atoms. The highest BCUT2D eigenvalue weighted by atomic mass is 15.1. The van der Waals surface area contributed by atoms with Crippen LogP contribution in [0.15, 0.2) is 12.4 Å². The van der Waals surface area contributed by atoms with Crippen LogP contribution in [0.4, 0.5) is 0 Å². The van der Waals surface area contributed by atoms with Gasteiger partial charge in [0.25, 0.3) is 5.82 Å². The van der Waals surface area contributed by atoms with Gasteiger partial charge in [-0.3, -0.25) is 0 Å². The zero-order valence-electron chi connectivity index (χ0n) is 36.0. The zero-order chi connectivity index (χ0) is 36.7. The van der Waals surface area contributed by atoms with Gasteiger partial charge in [-0.25, -0.2) is 9.55 Å². The van der Waals surface area contributed by atoms with Crippen LogP contribution < -0.4 is 4.57 Å². The number of hydrogen-bond acceptors (Lipinski definition) is 0. The second kappa shape index (κ2) is 38.9. The molecule has 2 heteroatoms. The summed E-state index contributed by atoms with van der Waals surface area (Å²) in [5.41, 5.74) is 0. The lowest BCUT2D eigenvalue weighted by atomic mass is 9.92. The van der Waals surface area contributed by atoms with Crippen LogP contribution in [0.5, 0.6) is 0 Å². The number of rotatable bonds is 42. The van der Waals surface area contributed by atoms with Gasteiger partial charge in [-0.2, -0.15) is 0 Å². The van der Waals surface area contributed by atoms with Crippen LogP contribution in [-0.2, 0) is 0 Å². The van der Waals surface area contributed by atoms with E-state index in [0.29, 0.717) is 12.0 Å². The summed E-state index contributed by atoms with van der Waals surface area (Å²) in [5, 5.41) is 0. The third-order valence-electron chi connectivity index (χ3n) is 12.1. The molecule has 0 radical (unpaired) electrons. The Labute approximate surface area is 323 Å². The van der Waals surface area contributed by atoms with Crippen molar-refractivity contribution in [2.75, 3.05) is 0 Å². The molecule has 0 aromatic carbocycles. The van der Waals surface area contributed by atoms with Crippen molar-refractivity contribution in [1.29, 1.82) is 0 Å². The number of aromatic amines is 1. The van der Waals surface area contributed by atoms with E-state index in [1.54, 1.807) is 0 Å². The first-order valence-electron chi connectivity index (χ1n) is 24.3. The molecular weight excluding hydrogens is 617 g/mol. The Morgan fingerprint density at radius 2 is 0.627 bits per heavy atom. The maximum atomic E-state index is 3.77. The van der Waals surface area contributed by atoms with Crippen molar-refractivity contribution in [3.05, 3.63) is 18.2 Å². The molecule has 0 aliphatic heterocycles. The number of imidazole rings is 1. The molecule has 2 atom stereocenters. The van der Waals surface area contributed by atoms with Crippen LogP contribution in [-0.4, -0.2) is 4.98 Å². The first kappa shape index (κ1) is 48.2.